The Morgan fingerprint density at radius 2 is 2.04 bits per heavy atom. The van der Waals surface area contributed by atoms with Crippen LogP contribution >= 0.6 is 0 Å². The fourth-order valence-corrected chi connectivity index (χ4v) is 4.20. The molecule has 1 saturated heterocycles. The van der Waals surface area contributed by atoms with E-state index in [-0.39, 0.29) is 23.0 Å². The Bertz CT molecular complexity index is 404. The SMILES string of the molecule is CCOC1CCC(C(=O)CN2CC(CC)CCC2C)CC1N([O-])O. The molecule has 2 aliphatic rings. The van der Waals surface area contributed by atoms with Gasteiger partial charge in [-0.1, -0.05) is 13.3 Å². The third kappa shape index (κ3) is 4.99. The summed E-state index contributed by atoms with van der Waals surface area (Å²) in [5.41, 5.74) is 0. The highest BCUT2D eigenvalue weighted by Crippen LogP contribution is 2.31. The van der Waals surface area contributed by atoms with Crippen molar-refractivity contribution in [1.29, 1.82) is 0 Å². The number of rotatable bonds is 7. The molecule has 6 heteroatoms. The maximum Gasteiger partial charge on any atom is 0.149 e. The number of Topliss-reactive ketones (excluding diaryl/α,β-unsaturated/α-hetero) is 1. The Kier molecular flexibility index (Phi) is 7.62. The first kappa shape index (κ1) is 19.8. The van der Waals surface area contributed by atoms with Crippen molar-refractivity contribution in [3.8, 4) is 0 Å². The average molecular weight is 341 g/mol. The van der Waals surface area contributed by atoms with Gasteiger partial charge in [-0.15, -0.1) is 0 Å². The molecule has 6 nitrogen and oxygen atoms in total. The van der Waals surface area contributed by atoms with Gasteiger partial charge in [0.2, 0.25) is 0 Å². The number of ether oxygens (including phenoxy) is 1. The average Bonchev–Trinajstić information content (AvgIpc) is 2.57. The van der Waals surface area contributed by atoms with E-state index in [9.17, 15) is 15.2 Å². The maximum atomic E-state index is 12.8. The summed E-state index contributed by atoms with van der Waals surface area (Å²) in [6, 6.07) is -0.184. The van der Waals surface area contributed by atoms with Crippen LogP contribution in [0.2, 0.25) is 0 Å². The van der Waals surface area contributed by atoms with Crippen molar-refractivity contribution in [2.75, 3.05) is 19.7 Å². The summed E-state index contributed by atoms with van der Waals surface area (Å²) in [6.45, 7) is 8.26. The molecular formula is C18H33N2O4-. The number of nitrogens with zero attached hydrogens (tertiary/aromatic N) is 2. The molecular weight excluding hydrogens is 308 g/mol. The van der Waals surface area contributed by atoms with Crippen LogP contribution in [-0.4, -0.2) is 59.0 Å². The lowest BCUT2D eigenvalue weighted by atomic mass is 9.81. The Hall–Kier alpha value is -0.530. The van der Waals surface area contributed by atoms with Crippen molar-refractivity contribution in [1.82, 2.24) is 10.1 Å². The molecule has 24 heavy (non-hydrogen) atoms. The highest BCUT2D eigenvalue weighted by molar-refractivity contribution is 5.83. The normalized spacial score (nSPS) is 35.3. The highest BCUT2D eigenvalue weighted by Gasteiger charge is 2.36. The minimum atomic E-state index is -0.630. The van der Waals surface area contributed by atoms with Crippen LogP contribution in [0.25, 0.3) is 0 Å². The largest absolute Gasteiger partial charge is 0.762 e. The lowest BCUT2D eigenvalue weighted by Crippen LogP contribution is -2.49. The smallest absolute Gasteiger partial charge is 0.149 e. The van der Waals surface area contributed by atoms with Crippen molar-refractivity contribution >= 4 is 5.78 Å². The fourth-order valence-electron chi connectivity index (χ4n) is 4.20. The number of ketones is 1. The van der Waals surface area contributed by atoms with E-state index < -0.39 is 6.04 Å². The number of piperidine rings is 1. The maximum absolute atomic E-state index is 12.8. The lowest BCUT2D eigenvalue weighted by Gasteiger charge is -2.43. The fraction of sp³-hybridized carbons (Fsp3) is 0.944. The van der Waals surface area contributed by atoms with Crippen LogP contribution in [0.15, 0.2) is 0 Å². The minimum Gasteiger partial charge on any atom is -0.762 e. The summed E-state index contributed by atoms with van der Waals surface area (Å²) in [7, 11) is 0. The van der Waals surface area contributed by atoms with E-state index >= 15 is 0 Å². The molecule has 1 aliphatic heterocycles. The lowest BCUT2D eigenvalue weighted by molar-refractivity contribution is -0.152. The number of carbonyl (C=O) groups excluding carboxylic acids is 1. The quantitative estimate of drug-likeness (QED) is 0.718. The molecule has 0 aromatic carbocycles. The van der Waals surface area contributed by atoms with Crippen LogP contribution in [0.1, 0.15) is 59.3 Å². The summed E-state index contributed by atoms with van der Waals surface area (Å²) in [5.74, 6) is 0.745. The van der Waals surface area contributed by atoms with Gasteiger partial charge in [0.25, 0.3) is 0 Å². The van der Waals surface area contributed by atoms with Crippen LogP contribution in [0, 0.1) is 17.0 Å². The van der Waals surface area contributed by atoms with Gasteiger partial charge < -0.3 is 15.2 Å². The predicted molar refractivity (Wildman–Crippen MR) is 92.6 cm³/mol. The van der Waals surface area contributed by atoms with E-state index in [0.29, 0.717) is 38.0 Å². The van der Waals surface area contributed by atoms with Gasteiger partial charge in [-0.25, -0.2) is 0 Å². The van der Waals surface area contributed by atoms with Gasteiger partial charge in [0, 0.05) is 31.2 Å². The zero-order valence-electron chi connectivity index (χ0n) is 15.3. The van der Waals surface area contributed by atoms with Crippen molar-refractivity contribution in [3.05, 3.63) is 5.21 Å². The molecule has 1 heterocycles. The molecule has 0 aromatic heterocycles. The van der Waals surface area contributed by atoms with E-state index in [0.717, 1.165) is 25.8 Å². The Labute approximate surface area is 145 Å². The molecule has 0 spiro atoms. The van der Waals surface area contributed by atoms with Gasteiger partial charge in [-0.05, 0) is 51.9 Å². The van der Waals surface area contributed by atoms with Crippen molar-refractivity contribution in [2.45, 2.75) is 77.5 Å². The number of hydrogen-bond acceptors (Lipinski definition) is 6. The topological polar surface area (TPSA) is 76.1 Å². The highest BCUT2D eigenvalue weighted by atomic mass is 16.8. The molecule has 2 rings (SSSR count). The third-order valence-electron chi connectivity index (χ3n) is 5.92. The van der Waals surface area contributed by atoms with Gasteiger partial charge in [0.1, 0.15) is 5.78 Å². The number of likely N-dealkylation sites (tertiary alicyclic amines) is 1. The number of carbonyl (C=O) groups is 1. The van der Waals surface area contributed by atoms with Crippen molar-refractivity contribution in [3.63, 3.8) is 0 Å². The molecule has 5 unspecified atom stereocenters. The minimum absolute atomic E-state index is 0.00357. The monoisotopic (exact) mass is 341 g/mol. The van der Waals surface area contributed by atoms with Gasteiger partial charge in [0.05, 0.1) is 12.6 Å². The molecule has 1 saturated carbocycles. The van der Waals surface area contributed by atoms with Crippen LogP contribution in [0.3, 0.4) is 0 Å². The van der Waals surface area contributed by atoms with E-state index in [1.807, 2.05) is 6.92 Å². The zero-order chi connectivity index (χ0) is 17.7. The van der Waals surface area contributed by atoms with E-state index in [4.69, 9.17) is 4.74 Å². The number of hydroxylamine groups is 2. The zero-order valence-corrected chi connectivity index (χ0v) is 15.3. The molecule has 140 valence electrons. The molecule has 5 atom stereocenters. The van der Waals surface area contributed by atoms with Crippen LogP contribution < -0.4 is 0 Å². The second-order valence-corrected chi connectivity index (χ2v) is 7.47. The predicted octanol–water partition coefficient (Wildman–Crippen LogP) is 2.83. The molecule has 0 bridgehead atoms. The Morgan fingerprint density at radius 1 is 1.29 bits per heavy atom. The van der Waals surface area contributed by atoms with Gasteiger partial charge >= 0.3 is 0 Å². The van der Waals surface area contributed by atoms with Crippen LogP contribution in [0.4, 0.5) is 0 Å². The first-order valence-electron chi connectivity index (χ1n) is 9.49. The summed E-state index contributed by atoms with van der Waals surface area (Å²) in [4.78, 5) is 15.1. The first-order valence-corrected chi connectivity index (χ1v) is 9.49. The molecule has 0 aromatic rings. The van der Waals surface area contributed by atoms with Crippen molar-refractivity contribution < 1.29 is 14.7 Å². The second kappa shape index (κ2) is 9.25. The van der Waals surface area contributed by atoms with Gasteiger partial charge in [-0.3, -0.25) is 14.9 Å². The van der Waals surface area contributed by atoms with Crippen LogP contribution in [0.5, 0.6) is 0 Å². The Morgan fingerprint density at radius 3 is 2.67 bits per heavy atom. The number of hydrogen-bond donors (Lipinski definition) is 1. The van der Waals surface area contributed by atoms with Crippen LogP contribution in [-0.2, 0) is 9.53 Å². The molecule has 0 radical (unpaired) electrons. The summed E-state index contributed by atoms with van der Waals surface area (Å²) in [5, 5.41) is 20.8. The van der Waals surface area contributed by atoms with E-state index in [1.165, 1.54) is 6.42 Å². The van der Waals surface area contributed by atoms with E-state index in [2.05, 4.69) is 18.7 Å². The third-order valence-corrected chi connectivity index (χ3v) is 5.92. The molecule has 1 aliphatic carbocycles. The Balaban J connectivity index is 1.92. The summed E-state index contributed by atoms with van der Waals surface area (Å²) >= 11 is 0. The standard InChI is InChI=1S/C18H33N2O4/c1-4-14-7-6-13(3)19(11-14)12-17(21)15-8-9-18(24-5-2)16(10-15)20(22)23/h13-16,18,22H,4-12H2,1-3H3/q-1. The van der Waals surface area contributed by atoms with Crippen molar-refractivity contribution in [2.24, 2.45) is 11.8 Å². The second-order valence-electron chi connectivity index (χ2n) is 7.47. The van der Waals surface area contributed by atoms with E-state index in [1.54, 1.807) is 0 Å². The van der Waals surface area contributed by atoms with Gasteiger partial charge in [-0.2, -0.15) is 0 Å². The molecule has 0 amide bonds. The van der Waals surface area contributed by atoms with Gasteiger partial charge in [0.15, 0.2) is 0 Å². The summed E-state index contributed by atoms with van der Waals surface area (Å²) in [6.07, 6.45) is 5.07. The molecule has 1 N–H and O–H groups in total. The molecule has 2 fully saturated rings. The first-order chi connectivity index (χ1) is 11.5. The summed E-state index contributed by atoms with van der Waals surface area (Å²) < 4.78 is 5.56.